The van der Waals surface area contributed by atoms with E-state index in [0.29, 0.717) is 6.61 Å². The highest BCUT2D eigenvalue weighted by molar-refractivity contribution is 5.97. The van der Waals surface area contributed by atoms with Crippen molar-refractivity contribution in [2.24, 2.45) is 0 Å². The summed E-state index contributed by atoms with van der Waals surface area (Å²) in [4.78, 5) is 15.7. The van der Waals surface area contributed by atoms with Gasteiger partial charge in [-0.2, -0.15) is 0 Å². The number of aryl methyl sites for hydroxylation is 2. The molecule has 100 valence electrons. The van der Waals surface area contributed by atoms with E-state index in [-0.39, 0.29) is 11.4 Å². The molecule has 4 nitrogen and oxygen atoms in total. The number of pyridine rings is 1. The smallest absolute Gasteiger partial charge is 0.341 e. The minimum atomic E-state index is -1.01. The number of aromatic carboxylic acids is 1. The number of carboxylic acids is 1. The summed E-state index contributed by atoms with van der Waals surface area (Å²) >= 11 is 0. The number of ether oxygens (including phenoxy) is 1. The number of hydrogen-bond donors (Lipinski definition) is 1. The third kappa shape index (κ3) is 2.52. The first-order valence-electron chi connectivity index (χ1n) is 6.31. The third-order valence-corrected chi connectivity index (χ3v) is 3.04. The minimum absolute atomic E-state index is 0.120. The predicted molar refractivity (Wildman–Crippen MR) is 74.0 cm³/mol. The van der Waals surface area contributed by atoms with E-state index in [4.69, 9.17) is 4.74 Å². The van der Waals surface area contributed by atoms with Crippen molar-refractivity contribution in [2.75, 3.05) is 6.61 Å². The van der Waals surface area contributed by atoms with Crippen LogP contribution in [0.2, 0.25) is 0 Å². The minimum Gasteiger partial charge on any atom is -0.477 e. The fourth-order valence-electron chi connectivity index (χ4n) is 1.98. The lowest BCUT2D eigenvalue weighted by Gasteiger charge is -2.11. The van der Waals surface area contributed by atoms with Crippen molar-refractivity contribution in [3.8, 4) is 5.88 Å². The van der Waals surface area contributed by atoms with Crippen LogP contribution < -0.4 is 4.74 Å². The number of benzene rings is 1. The van der Waals surface area contributed by atoms with Crippen LogP contribution in [0.4, 0.5) is 0 Å². The van der Waals surface area contributed by atoms with Crippen LogP contribution in [0, 0.1) is 13.8 Å². The Labute approximate surface area is 112 Å². The molecule has 1 N–H and O–H groups in total. The summed E-state index contributed by atoms with van der Waals surface area (Å²) in [5.74, 6) is -0.808. The molecule has 0 radical (unpaired) electrons. The molecule has 0 atom stereocenters. The van der Waals surface area contributed by atoms with Gasteiger partial charge in [0.05, 0.1) is 12.1 Å². The Kier molecular flexibility index (Phi) is 3.69. The SMILES string of the molecule is CCCOc1nc2c(C)ccc(C)c2cc1C(=O)O. The average molecular weight is 259 g/mol. The quantitative estimate of drug-likeness (QED) is 0.914. The highest BCUT2D eigenvalue weighted by Crippen LogP contribution is 2.27. The van der Waals surface area contributed by atoms with E-state index in [0.717, 1.165) is 28.5 Å². The maximum absolute atomic E-state index is 11.3. The highest BCUT2D eigenvalue weighted by atomic mass is 16.5. The molecule has 0 saturated carbocycles. The monoisotopic (exact) mass is 259 g/mol. The maximum Gasteiger partial charge on any atom is 0.341 e. The Balaban J connectivity index is 2.69. The van der Waals surface area contributed by atoms with Gasteiger partial charge in [0.25, 0.3) is 0 Å². The summed E-state index contributed by atoms with van der Waals surface area (Å²) in [6, 6.07) is 5.60. The first-order chi connectivity index (χ1) is 9.04. The molecule has 2 rings (SSSR count). The van der Waals surface area contributed by atoms with Gasteiger partial charge in [-0.25, -0.2) is 9.78 Å². The molecule has 0 spiro atoms. The summed E-state index contributed by atoms with van der Waals surface area (Å²) in [6.45, 7) is 6.33. The molecular formula is C15H17NO3. The molecule has 1 aromatic carbocycles. The molecule has 0 amide bonds. The Morgan fingerprint density at radius 2 is 2.00 bits per heavy atom. The number of aromatic nitrogens is 1. The zero-order valence-corrected chi connectivity index (χ0v) is 11.4. The molecule has 2 aromatic rings. The topological polar surface area (TPSA) is 59.4 Å². The molecule has 0 unspecified atom stereocenters. The van der Waals surface area contributed by atoms with Gasteiger partial charge in [-0.05, 0) is 37.5 Å². The molecule has 0 aliphatic carbocycles. The van der Waals surface area contributed by atoms with Crippen molar-refractivity contribution < 1.29 is 14.6 Å². The van der Waals surface area contributed by atoms with Crippen molar-refractivity contribution in [2.45, 2.75) is 27.2 Å². The first kappa shape index (κ1) is 13.3. The van der Waals surface area contributed by atoms with Crippen LogP contribution in [0.25, 0.3) is 10.9 Å². The van der Waals surface area contributed by atoms with Crippen molar-refractivity contribution in [1.29, 1.82) is 0 Å². The molecule has 0 aliphatic rings. The van der Waals surface area contributed by atoms with Crippen LogP contribution in [0.3, 0.4) is 0 Å². The average Bonchev–Trinajstić information content (AvgIpc) is 2.39. The number of rotatable bonds is 4. The summed E-state index contributed by atoms with van der Waals surface area (Å²) in [7, 11) is 0. The second kappa shape index (κ2) is 5.26. The lowest BCUT2D eigenvalue weighted by Crippen LogP contribution is -2.07. The van der Waals surface area contributed by atoms with Gasteiger partial charge in [0, 0.05) is 5.39 Å². The first-order valence-corrected chi connectivity index (χ1v) is 6.31. The third-order valence-electron chi connectivity index (χ3n) is 3.04. The molecule has 0 saturated heterocycles. The molecule has 1 heterocycles. The predicted octanol–water partition coefficient (Wildman–Crippen LogP) is 3.34. The number of carboxylic acid groups (broad SMARTS) is 1. The maximum atomic E-state index is 11.3. The summed E-state index contributed by atoms with van der Waals surface area (Å²) in [6.07, 6.45) is 0.811. The lowest BCUT2D eigenvalue weighted by atomic mass is 10.0. The Bertz CT molecular complexity index is 635. The highest BCUT2D eigenvalue weighted by Gasteiger charge is 2.16. The van der Waals surface area contributed by atoms with Gasteiger partial charge in [-0.3, -0.25) is 0 Å². The van der Waals surface area contributed by atoms with E-state index < -0.39 is 5.97 Å². The molecule has 1 aromatic heterocycles. The van der Waals surface area contributed by atoms with Gasteiger partial charge < -0.3 is 9.84 Å². The van der Waals surface area contributed by atoms with Crippen molar-refractivity contribution in [1.82, 2.24) is 4.98 Å². The van der Waals surface area contributed by atoms with Crippen LogP contribution in [0.1, 0.15) is 34.8 Å². The van der Waals surface area contributed by atoms with E-state index in [1.165, 1.54) is 0 Å². The van der Waals surface area contributed by atoms with E-state index in [9.17, 15) is 9.90 Å². The molecular weight excluding hydrogens is 242 g/mol. The zero-order valence-electron chi connectivity index (χ0n) is 11.4. The molecule has 0 aliphatic heterocycles. The number of hydrogen-bond acceptors (Lipinski definition) is 3. The van der Waals surface area contributed by atoms with Crippen molar-refractivity contribution in [3.05, 3.63) is 34.9 Å². The van der Waals surface area contributed by atoms with Gasteiger partial charge in [0.1, 0.15) is 5.56 Å². The standard InChI is InChI=1S/C15H17NO3/c1-4-7-19-14-12(15(17)18)8-11-9(2)5-6-10(3)13(11)16-14/h5-6,8H,4,7H2,1-3H3,(H,17,18). The van der Waals surface area contributed by atoms with Gasteiger partial charge in [0.2, 0.25) is 5.88 Å². The lowest BCUT2D eigenvalue weighted by molar-refractivity contribution is 0.0691. The van der Waals surface area contributed by atoms with E-state index >= 15 is 0 Å². The fourth-order valence-corrected chi connectivity index (χ4v) is 1.98. The number of nitrogens with zero attached hydrogens (tertiary/aromatic N) is 1. The number of carbonyl (C=O) groups is 1. The van der Waals surface area contributed by atoms with Gasteiger partial charge in [0.15, 0.2) is 0 Å². The second-order valence-corrected chi connectivity index (χ2v) is 4.59. The molecule has 19 heavy (non-hydrogen) atoms. The van der Waals surface area contributed by atoms with Crippen LogP contribution in [-0.4, -0.2) is 22.7 Å². The van der Waals surface area contributed by atoms with Gasteiger partial charge >= 0.3 is 5.97 Å². The number of fused-ring (bicyclic) bond motifs is 1. The Morgan fingerprint density at radius 3 is 2.63 bits per heavy atom. The normalized spacial score (nSPS) is 10.7. The van der Waals surface area contributed by atoms with Crippen molar-refractivity contribution in [3.63, 3.8) is 0 Å². The molecule has 0 fully saturated rings. The molecule has 4 heteroatoms. The van der Waals surface area contributed by atoms with E-state index in [1.54, 1.807) is 6.07 Å². The summed E-state index contributed by atoms with van der Waals surface area (Å²) < 4.78 is 5.46. The van der Waals surface area contributed by atoms with E-state index in [1.807, 2.05) is 32.9 Å². The van der Waals surface area contributed by atoms with Crippen LogP contribution in [0.5, 0.6) is 5.88 Å². The summed E-state index contributed by atoms with van der Waals surface area (Å²) in [5.41, 5.74) is 2.95. The van der Waals surface area contributed by atoms with Crippen LogP contribution in [-0.2, 0) is 0 Å². The Morgan fingerprint density at radius 1 is 1.32 bits per heavy atom. The van der Waals surface area contributed by atoms with Gasteiger partial charge in [-0.1, -0.05) is 19.1 Å². The second-order valence-electron chi connectivity index (χ2n) is 4.59. The van der Waals surface area contributed by atoms with E-state index in [2.05, 4.69) is 4.98 Å². The molecule has 0 bridgehead atoms. The summed E-state index contributed by atoms with van der Waals surface area (Å²) in [5, 5.41) is 10.1. The zero-order chi connectivity index (χ0) is 14.0. The Hall–Kier alpha value is -2.10. The van der Waals surface area contributed by atoms with Crippen LogP contribution >= 0.6 is 0 Å². The van der Waals surface area contributed by atoms with Crippen LogP contribution in [0.15, 0.2) is 18.2 Å². The largest absolute Gasteiger partial charge is 0.477 e. The van der Waals surface area contributed by atoms with Crippen molar-refractivity contribution >= 4 is 16.9 Å². The fraction of sp³-hybridized carbons (Fsp3) is 0.333. The van der Waals surface area contributed by atoms with Gasteiger partial charge in [-0.15, -0.1) is 0 Å².